The van der Waals surface area contributed by atoms with Crippen LogP contribution < -0.4 is 5.32 Å². The lowest BCUT2D eigenvalue weighted by Gasteiger charge is -2.32. The van der Waals surface area contributed by atoms with Gasteiger partial charge in [0.1, 0.15) is 0 Å². The van der Waals surface area contributed by atoms with Gasteiger partial charge in [0.25, 0.3) is 0 Å². The van der Waals surface area contributed by atoms with Crippen LogP contribution in [-0.2, 0) is 9.59 Å². The summed E-state index contributed by atoms with van der Waals surface area (Å²) in [5.41, 5.74) is 0. The van der Waals surface area contributed by atoms with E-state index in [4.69, 9.17) is 5.11 Å². The van der Waals surface area contributed by atoms with Gasteiger partial charge < -0.3 is 10.4 Å². The number of rotatable bonds is 5. The molecule has 21 heavy (non-hydrogen) atoms. The van der Waals surface area contributed by atoms with E-state index in [1.165, 1.54) is 12.8 Å². The number of amides is 1. The second-order valence-corrected chi connectivity index (χ2v) is 7.93. The van der Waals surface area contributed by atoms with Crippen molar-refractivity contribution in [2.45, 2.75) is 69.6 Å². The van der Waals surface area contributed by atoms with E-state index in [2.05, 4.69) is 12.2 Å². The van der Waals surface area contributed by atoms with Gasteiger partial charge in [-0.1, -0.05) is 19.8 Å². The maximum absolute atomic E-state index is 12.4. The number of carboxylic acids is 1. The average molecular weight is 313 g/mol. The molecule has 4 unspecified atom stereocenters. The van der Waals surface area contributed by atoms with E-state index in [-0.39, 0.29) is 17.7 Å². The third-order valence-electron chi connectivity index (χ3n) is 4.77. The predicted octanol–water partition coefficient (Wildman–Crippen LogP) is 3.06. The number of aliphatic carboxylic acids is 1. The van der Waals surface area contributed by atoms with Crippen LogP contribution in [-0.4, -0.2) is 34.0 Å². The highest BCUT2D eigenvalue weighted by Gasteiger charge is 2.32. The van der Waals surface area contributed by atoms with Crippen LogP contribution in [0.1, 0.15) is 58.3 Å². The molecule has 4 atom stereocenters. The van der Waals surface area contributed by atoms with Crippen molar-refractivity contribution >= 4 is 23.6 Å². The van der Waals surface area contributed by atoms with Gasteiger partial charge in [-0.05, 0) is 44.3 Å². The van der Waals surface area contributed by atoms with Gasteiger partial charge in [-0.2, -0.15) is 11.8 Å². The van der Waals surface area contributed by atoms with Crippen molar-refractivity contribution < 1.29 is 14.7 Å². The molecule has 0 heterocycles. The molecule has 0 aromatic heterocycles. The highest BCUT2D eigenvalue weighted by Crippen LogP contribution is 2.31. The molecule has 4 nitrogen and oxygen atoms in total. The second-order valence-electron chi connectivity index (χ2n) is 6.35. The lowest BCUT2D eigenvalue weighted by molar-refractivity contribution is -0.144. The SMILES string of the molecule is CCSC1CCCC(NC(=O)C2CCCC(C(=O)O)C2)C1. The van der Waals surface area contributed by atoms with E-state index in [1.807, 2.05) is 11.8 Å². The van der Waals surface area contributed by atoms with Gasteiger partial charge in [0.15, 0.2) is 0 Å². The Labute approximate surface area is 131 Å². The molecule has 0 spiro atoms. The zero-order valence-corrected chi connectivity index (χ0v) is 13.7. The molecule has 2 rings (SSSR count). The first kappa shape index (κ1) is 16.7. The summed E-state index contributed by atoms with van der Waals surface area (Å²) >= 11 is 1.99. The lowest BCUT2D eigenvalue weighted by Crippen LogP contribution is -2.43. The molecule has 2 fully saturated rings. The molecule has 0 aromatic rings. The summed E-state index contributed by atoms with van der Waals surface area (Å²) in [6.45, 7) is 2.18. The quantitative estimate of drug-likeness (QED) is 0.818. The summed E-state index contributed by atoms with van der Waals surface area (Å²) in [7, 11) is 0. The Balaban J connectivity index is 1.81. The van der Waals surface area contributed by atoms with Crippen LogP contribution in [0.25, 0.3) is 0 Å². The molecule has 1 amide bonds. The minimum atomic E-state index is -0.746. The van der Waals surface area contributed by atoms with Gasteiger partial charge in [0, 0.05) is 17.2 Å². The molecule has 0 aromatic carbocycles. The third-order valence-corrected chi connectivity index (χ3v) is 6.00. The number of hydrogen-bond acceptors (Lipinski definition) is 3. The number of hydrogen-bond donors (Lipinski definition) is 2. The van der Waals surface area contributed by atoms with Crippen LogP contribution in [0, 0.1) is 11.8 Å². The highest BCUT2D eigenvalue weighted by molar-refractivity contribution is 7.99. The van der Waals surface area contributed by atoms with Gasteiger partial charge in [0.2, 0.25) is 5.91 Å². The zero-order valence-electron chi connectivity index (χ0n) is 12.8. The van der Waals surface area contributed by atoms with Gasteiger partial charge in [0.05, 0.1) is 5.92 Å². The van der Waals surface area contributed by atoms with E-state index in [0.29, 0.717) is 17.7 Å². The summed E-state index contributed by atoms with van der Waals surface area (Å²) in [4.78, 5) is 23.5. The van der Waals surface area contributed by atoms with Crippen molar-refractivity contribution in [1.82, 2.24) is 5.32 Å². The zero-order chi connectivity index (χ0) is 15.2. The largest absolute Gasteiger partial charge is 0.481 e. The molecule has 2 aliphatic carbocycles. The van der Waals surface area contributed by atoms with Crippen molar-refractivity contribution in [3.63, 3.8) is 0 Å². The molecule has 0 saturated heterocycles. The van der Waals surface area contributed by atoms with E-state index in [0.717, 1.165) is 37.9 Å². The van der Waals surface area contributed by atoms with Crippen molar-refractivity contribution in [1.29, 1.82) is 0 Å². The number of carbonyl (C=O) groups is 2. The Morgan fingerprint density at radius 3 is 2.52 bits per heavy atom. The predicted molar refractivity (Wildman–Crippen MR) is 85.4 cm³/mol. The molecule has 120 valence electrons. The molecular weight excluding hydrogens is 286 g/mol. The first-order chi connectivity index (χ1) is 10.1. The summed E-state index contributed by atoms with van der Waals surface area (Å²) in [5.74, 6) is 0.0508. The summed E-state index contributed by atoms with van der Waals surface area (Å²) in [6.07, 6.45) is 7.52. The summed E-state index contributed by atoms with van der Waals surface area (Å²) in [5, 5.41) is 13.0. The number of thioether (sulfide) groups is 1. The van der Waals surface area contributed by atoms with Gasteiger partial charge in [-0.15, -0.1) is 0 Å². The fourth-order valence-corrected chi connectivity index (χ4v) is 4.81. The monoisotopic (exact) mass is 313 g/mol. The Bertz CT molecular complexity index is 373. The summed E-state index contributed by atoms with van der Waals surface area (Å²) < 4.78 is 0. The second kappa shape index (κ2) is 8.06. The van der Waals surface area contributed by atoms with Crippen LogP contribution in [0.15, 0.2) is 0 Å². The van der Waals surface area contributed by atoms with Crippen LogP contribution in [0.4, 0.5) is 0 Å². The maximum Gasteiger partial charge on any atom is 0.306 e. The standard InChI is InChI=1S/C16H27NO3S/c1-2-21-14-8-4-7-13(10-14)17-15(18)11-5-3-6-12(9-11)16(19)20/h11-14H,2-10H2,1H3,(H,17,18)(H,19,20). The van der Waals surface area contributed by atoms with Crippen LogP contribution in [0.5, 0.6) is 0 Å². The molecule has 2 aliphatic rings. The van der Waals surface area contributed by atoms with E-state index >= 15 is 0 Å². The van der Waals surface area contributed by atoms with Crippen molar-refractivity contribution in [2.24, 2.45) is 11.8 Å². The highest BCUT2D eigenvalue weighted by atomic mass is 32.2. The van der Waals surface area contributed by atoms with Crippen LogP contribution in [0.2, 0.25) is 0 Å². The Morgan fingerprint density at radius 2 is 1.81 bits per heavy atom. The fourth-order valence-electron chi connectivity index (χ4n) is 3.63. The van der Waals surface area contributed by atoms with Gasteiger partial charge >= 0.3 is 5.97 Å². The molecular formula is C16H27NO3S. The molecule has 5 heteroatoms. The molecule has 0 aliphatic heterocycles. The number of carbonyl (C=O) groups excluding carboxylic acids is 1. The smallest absolute Gasteiger partial charge is 0.306 e. The van der Waals surface area contributed by atoms with Crippen molar-refractivity contribution in [2.75, 3.05) is 5.75 Å². The summed E-state index contributed by atoms with van der Waals surface area (Å²) in [6, 6.07) is 0.292. The molecule has 2 N–H and O–H groups in total. The Kier molecular flexibility index (Phi) is 6.40. The van der Waals surface area contributed by atoms with Crippen molar-refractivity contribution in [3.05, 3.63) is 0 Å². The average Bonchev–Trinajstić information content (AvgIpc) is 2.48. The fraction of sp³-hybridized carbons (Fsp3) is 0.875. The topological polar surface area (TPSA) is 66.4 Å². The van der Waals surface area contributed by atoms with Crippen molar-refractivity contribution in [3.8, 4) is 0 Å². The Hall–Kier alpha value is -0.710. The lowest BCUT2D eigenvalue weighted by atomic mass is 9.80. The first-order valence-electron chi connectivity index (χ1n) is 8.25. The molecule has 0 radical (unpaired) electrons. The van der Waals surface area contributed by atoms with Gasteiger partial charge in [-0.3, -0.25) is 9.59 Å². The van der Waals surface area contributed by atoms with E-state index in [1.54, 1.807) is 0 Å². The normalized spacial score (nSPS) is 33.4. The molecule has 0 bridgehead atoms. The van der Waals surface area contributed by atoms with Gasteiger partial charge in [-0.25, -0.2) is 0 Å². The van der Waals surface area contributed by atoms with E-state index in [9.17, 15) is 9.59 Å². The van der Waals surface area contributed by atoms with Crippen LogP contribution in [0.3, 0.4) is 0 Å². The van der Waals surface area contributed by atoms with E-state index < -0.39 is 5.97 Å². The number of carboxylic acid groups (broad SMARTS) is 1. The third kappa shape index (κ3) is 4.90. The maximum atomic E-state index is 12.4. The molecule has 2 saturated carbocycles. The number of nitrogens with one attached hydrogen (secondary N) is 1. The minimum absolute atomic E-state index is 0.0908. The first-order valence-corrected chi connectivity index (χ1v) is 9.29. The minimum Gasteiger partial charge on any atom is -0.481 e. The Morgan fingerprint density at radius 1 is 1.10 bits per heavy atom. The van der Waals surface area contributed by atoms with Crippen LogP contribution >= 0.6 is 11.8 Å².